The largest absolute Gasteiger partial charge is 0.422 e. The highest BCUT2D eigenvalue weighted by Gasteiger charge is 2.17. The van der Waals surface area contributed by atoms with E-state index in [0.717, 1.165) is 16.7 Å². The summed E-state index contributed by atoms with van der Waals surface area (Å²) in [6, 6.07) is 19.5. The Labute approximate surface area is 192 Å². The topological polar surface area (TPSA) is 96.9 Å². The van der Waals surface area contributed by atoms with Crippen LogP contribution in [0.5, 0.6) is 5.75 Å². The fraction of sp³-hybridized carbons (Fsp3) is 0.154. The van der Waals surface area contributed by atoms with E-state index in [4.69, 9.17) is 4.74 Å². The normalized spacial score (nSPS) is 11.0. The van der Waals surface area contributed by atoms with Crippen molar-refractivity contribution in [1.29, 1.82) is 0 Å². The maximum absolute atomic E-state index is 12.6. The van der Waals surface area contributed by atoms with Crippen LogP contribution in [0.2, 0.25) is 0 Å². The van der Waals surface area contributed by atoms with Gasteiger partial charge in [-0.1, -0.05) is 42.5 Å². The molecule has 0 unspecified atom stereocenters. The van der Waals surface area contributed by atoms with Gasteiger partial charge in [0.25, 0.3) is 0 Å². The van der Waals surface area contributed by atoms with Crippen LogP contribution in [0.1, 0.15) is 39.5 Å². The number of ether oxygens (including phenoxy) is 1. The van der Waals surface area contributed by atoms with Gasteiger partial charge in [0, 0.05) is 11.3 Å². The van der Waals surface area contributed by atoms with E-state index < -0.39 is 17.8 Å². The van der Waals surface area contributed by atoms with Gasteiger partial charge in [0.2, 0.25) is 0 Å². The van der Waals surface area contributed by atoms with Crippen LogP contribution >= 0.6 is 0 Å². The van der Waals surface area contributed by atoms with Crippen molar-refractivity contribution in [1.82, 2.24) is 5.43 Å². The molecule has 7 heteroatoms. The van der Waals surface area contributed by atoms with Crippen LogP contribution in [0.25, 0.3) is 0 Å². The molecule has 2 N–H and O–H groups in total. The minimum atomic E-state index is -0.912. The average Bonchev–Trinajstić information content (AvgIpc) is 2.80. The van der Waals surface area contributed by atoms with Crippen molar-refractivity contribution in [2.24, 2.45) is 5.10 Å². The lowest BCUT2D eigenvalue weighted by atomic mass is 10.1. The Balaban J connectivity index is 1.71. The maximum Gasteiger partial charge on any atom is 0.343 e. The molecule has 2 amide bonds. The quantitative estimate of drug-likeness (QED) is 0.202. The first kappa shape index (κ1) is 23.4. The summed E-state index contributed by atoms with van der Waals surface area (Å²) in [6.07, 6.45) is 0. The Morgan fingerprint density at radius 1 is 0.788 bits per heavy atom. The van der Waals surface area contributed by atoms with E-state index >= 15 is 0 Å². The van der Waals surface area contributed by atoms with Gasteiger partial charge in [0.15, 0.2) is 0 Å². The first-order valence-corrected chi connectivity index (χ1v) is 10.4. The van der Waals surface area contributed by atoms with Crippen molar-refractivity contribution in [3.63, 3.8) is 0 Å². The fourth-order valence-electron chi connectivity index (χ4n) is 3.11. The Morgan fingerprint density at radius 3 is 2.18 bits per heavy atom. The minimum Gasteiger partial charge on any atom is -0.422 e. The van der Waals surface area contributed by atoms with Gasteiger partial charge in [-0.2, -0.15) is 5.10 Å². The molecule has 33 heavy (non-hydrogen) atoms. The maximum atomic E-state index is 12.6. The van der Waals surface area contributed by atoms with Crippen LogP contribution in [0.3, 0.4) is 0 Å². The number of carbonyl (C=O) groups excluding carboxylic acids is 3. The van der Waals surface area contributed by atoms with Gasteiger partial charge < -0.3 is 10.1 Å². The molecule has 0 heterocycles. The third-order valence-corrected chi connectivity index (χ3v) is 5.02. The number of para-hydroxylation sites is 1. The Morgan fingerprint density at radius 2 is 1.45 bits per heavy atom. The van der Waals surface area contributed by atoms with E-state index in [9.17, 15) is 14.4 Å². The first-order chi connectivity index (χ1) is 15.8. The highest BCUT2D eigenvalue weighted by molar-refractivity contribution is 6.39. The first-order valence-electron chi connectivity index (χ1n) is 10.4. The van der Waals surface area contributed by atoms with Gasteiger partial charge in [-0.15, -0.1) is 0 Å². The van der Waals surface area contributed by atoms with Gasteiger partial charge in [0.05, 0.1) is 11.3 Å². The molecule has 0 aliphatic rings. The summed E-state index contributed by atoms with van der Waals surface area (Å²) in [5, 5.41) is 6.61. The van der Waals surface area contributed by atoms with Crippen molar-refractivity contribution >= 4 is 29.2 Å². The van der Waals surface area contributed by atoms with Crippen molar-refractivity contribution < 1.29 is 19.1 Å². The van der Waals surface area contributed by atoms with E-state index in [1.807, 2.05) is 45.0 Å². The smallest absolute Gasteiger partial charge is 0.343 e. The molecule has 0 aliphatic heterocycles. The molecule has 3 rings (SSSR count). The molecule has 0 spiro atoms. The second-order valence-corrected chi connectivity index (χ2v) is 7.61. The molecule has 3 aromatic carbocycles. The number of nitrogens with one attached hydrogen (secondary N) is 2. The number of esters is 1. The summed E-state index contributed by atoms with van der Waals surface area (Å²) >= 11 is 0. The predicted molar refractivity (Wildman–Crippen MR) is 127 cm³/mol. The number of carbonyl (C=O) groups is 3. The molecule has 7 nitrogen and oxygen atoms in total. The van der Waals surface area contributed by atoms with Crippen molar-refractivity contribution in [2.75, 3.05) is 5.32 Å². The van der Waals surface area contributed by atoms with Crippen LogP contribution in [0, 0.1) is 20.8 Å². The Hall–Kier alpha value is -4.26. The third kappa shape index (κ3) is 5.92. The third-order valence-electron chi connectivity index (χ3n) is 5.02. The van der Waals surface area contributed by atoms with Crippen LogP contribution in [-0.4, -0.2) is 23.5 Å². The SMILES string of the molecule is C/C(=N\NC(=O)C(=O)Nc1cc(C)ccc1C)c1ccccc1OC(=O)c1ccccc1C. The summed E-state index contributed by atoms with van der Waals surface area (Å²) in [5.74, 6) is -1.95. The second kappa shape index (κ2) is 10.4. The van der Waals surface area contributed by atoms with E-state index in [2.05, 4.69) is 15.8 Å². The van der Waals surface area contributed by atoms with Crippen LogP contribution in [0.15, 0.2) is 71.8 Å². The molecule has 0 radical (unpaired) electrons. The van der Waals surface area contributed by atoms with E-state index in [1.165, 1.54) is 0 Å². The summed E-state index contributed by atoms with van der Waals surface area (Å²) in [4.78, 5) is 37.1. The van der Waals surface area contributed by atoms with Gasteiger partial charge in [-0.25, -0.2) is 10.2 Å². The minimum absolute atomic E-state index is 0.293. The van der Waals surface area contributed by atoms with Gasteiger partial charge in [-0.05, 0) is 68.7 Å². The number of hydrogen-bond donors (Lipinski definition) is 2. The number of benzene rings is 3. The van der Waals surface area contributed by atoms with Crippen LogP contribution in [0.4, 0.5) is 5.69 Å². The molecule has 0 atom stereocenters. The molecule has 0 fully saturated rings. The van der Waals surface area contributed by atoms with Crippen LogP contribution in [-0.2, 0) is 9.59 Å². The lowest BCUT2D eigenvalue weighted by molar-refractivity contribution is -0.136. The summed E-state index contributed by atoms with van der Waals surface area (Å²) in [5.41, 5.74) is 6.75. The number of nitrogens with zero attached hydrogens (tertiary/aromatic N) is 1. The molecule has 0 saturated carbocycles. The summed E-state index contributed by atoms with van der Waals surface area (Å²) < 4.78 is 5.58. The number of anilines is 1. The zero-order valence-electron chi connectivity index (χ0n) is 18.9. The summed E-state index contributed by atoms with van der Waals surface area (Å²) in [6.45, 7) is 7.20. The van der Waals surface area contributed by atoms with Crippen molar-refractivity contribution in [3.05, 3.63) is 94.5 Å². The van der Waals surface area contributed by atoms with E-state index in [-0.39, 0.29) is 0 Å². The summed E-state index contributed by atoms with van der Waals surface area (Å²) in [7, 11) is 0. The standard InChI is InChI=1S/C26H25N3O4/c1-16-13-14-18(3)22(15-16)27-24(30)25(31)29-28-19(4)21-11-7-8-12-23(21)33-26(32)20-10-6-5-9-17(20)2/h5-15H,1-4H3,(H,27,30)(H,29,31)/b28-19+. The average molecular weight is 444 g/mol. The second-order valence-electron chi connectivity index (χ2n) is 7.61. The highest BCUT2D eigenvalue weighted by atomic mass is 16.5. The molecule has 168 valence electrons. The Bertz CT molecular complexity index is 1250. The highest BCUT2D eigenvalue weighted by Crippen LogP contribution is 2.21. The molecule has 0 saturated heterocycles. The van der Waals surface area contributed by atoms with Crippen molar-refractivity contribution in [3.8, 4) is 5.75 Å². The lowest BCUT2D eigenvalue weighted by Gasteiger charge is -2.11. The molecule has 0 bridgehead atoms. The zero-order chi connectivity index (χ0) is 24.0. The predicted octanol–water partition coefficient (Wildman–Crippen LogP) is 4.31. The van der Waals surface area contributed by atoms with E-state index in [0.29, 0.717) is 28.3 Å². The Kier molecular flexibility index (Phi) is 7.35. The fourth-order valence-corrected chi connectivity index (χ4v) is 3.11. The molecule has 3 aromatic rings. The molecular formula is C26H25N3O4. The van der Waals surface area contributed by atoms with Gasteiger partial charge >= 0.3 is 17.8 Å². The number of aryl methyl sites for hydroxylation is 3. The van der Waals surface area contributed by atoms with Gasteiger partial charge in [0.1, 0.15) is 5.75 Å². The van der Waals surface area contributed by atoms with E-state index in [1.54, 1.807) is 49.4 Å². The zero-order valence-corrected chi connectivity index (χ0v) is 18.9. The molecule has 0 aliphatic carbocycles. The van der Waals surface area contributed by atoms with Gasteiger partial charge in [-0.3, -0.25) is 9.59 Å². The number of amides is 2. The molecular weight excluding hydrogens is 418 g/mol. The number of hydrogen-bond acceptors (Lipinski definition) is 5. The van der Waals surface area contributed by atoms with Crippen LogP contribution < -0.4 is 15.5 Å². The molecule has 0 aromatic heterocycles. The van der Waals surface area contributed by atoms with Crippen molar-refractivity contribution in [2.45, 2.75) is 27.7 Å². The number of hydrazone groups is 1. The monoisotopic (exact) mass is 443 g/mol. The number of rotatable bonds is 5. The lowest BCUT2D eigenvalue weighted by Crippen LogP contribution is -2.33.